The van der Waals surface area contributed by atoms with Gasteiger partial charge in [0.1, 0.15) is 0 Å². The Morgan fingerprint density at radius 1 is 1.29 bits per heavy atom. The van der Waals surface area contributed by atoms with Crippen molar-refractivity contribution in [2.45, 2.75) is 51.2 Å². The molecule has 0 radical (unpaired) electrons. The third-order valence-corrected chi connectivity index (χ3v) is 6.48. The van der Waals surface area contributed by atoms with E-state index in [9.17, 15) is 9.18 Å². The lowest BCUT2D eigenvalue weighted by Gasteiger charge is -2.63. The van der Waals surface area contributed by atoms with Crippen LogP contribution in [-0.2, 0) is 6.54 Å². The predicted octanol–water partition coefficient (Wildman–Crippen LogP) is 4.26. The number of nitrogens with one attached hydrogen (secondary N) is 1. The molecule has 5 rings (SSSR count). The van der Waals surface area contributed by atoms with Crippen LogP contribution in [0.4, 0.5) is 14.9 Å². The highest BCUT2D eigenvalue weighted by atomic mass is 19.1. The average Bonchev–Trinajstić information content (AvgIpc) is 3.22. The van der Waals surface area contributed by atoms with Crippen LogP contribution in [0, 0.1) is 18.7 Å². The molecule has 1 N–H and O–H groups in total. The van der Waals surface area contributed by atoms with E-state index in [-0.39, 0.29) is 17.6 Å². The highest BCUT2D eigenvalue weighted by Gasteiger charge is 2.58. The monoisotopic (exact) mass is 420 g/mol. The van der Waals surface area contributed by atoms with Crippen molar-refractivity contribution in [3.8, 4) is 11.4 Å². The third-order valence-electron chi connectivity index (χ3n) is 6.48. The van der Waals surface area contributed by atoms with Gasteiger partial charge in [-0.2, -0.15) is 5.10 Å². The predicted molar refractivity (Wildman–Crippen MR) is 115 cm³/mol. The van der Waals surface area contributed by atoms with Crippen molar-refractivity contribution in [1.29, 1.82) is 0 Å². The van der Waals surface area contributed by atoms with E-state index in [0.717, 1.165) is 42.8 Å². The standard InChI is InChI=1S/C23H25FN6O/c1-15-8-19-11-23(10-15,14-29-7-3-6-27-29)30(19)22(31)28-18-5-4-16(2)20(9-18)21-25-12-17(24)13-26-21/h3-7,9,12-13,15,19H,8,10-11,14H2,1-2H3,(H,28,31)/t15-,19-,23?/m1/s1. The molecule has 8 heteroatoms. The average molecular weight is 420 g/mol. The Bertz CT molecular complexity index is 1100. The van der Waals surface area contributed by atoms with Gasteiger partial charge in [0.25, 0.3) is 0 Å². The van der Waals surface area contributed by atoms with Gasteiger partial charge in [-0.25, -0.2) is 19.2 Å². The summed E-state index contributed by atoms with van der Waals surface area (Å²) in [5.74, 6) is 0.534. The highest BCUT2D eigenvalue weighted by Crippen LogP contribution is 2.50. The maximum Gasteiger partial charge on any atom is 0.322 e. The fourth-order valence-electron chi connectivity index (χ4n) is 5.33. The van der Waals surface area contributed by atoms with E-state index in [4.69, 9.17) is 0 Å². The topological polar surface area (TPSA) is 75.9 Å². The normalized spacial score (nSPS) is 24.5. The summed E-state index contributed by atoms with van der Waals surface area (Å²) in [6.45, 7) is 4.90. The smallest absolute Gasteiger partial charge is 0.314 e. The number of fused-ring (bicyclic) bond motifs is 2. The summed E-state index contributed by atoms with van der Waals surface area (Å²) in [5.41, 5.74) is 2.19. The van der Waals surface area contributed by atoms with Crippen LogP contribution >= 0.6 is 0 Å². The van der Waals surface area contributed by atoms with Crippen molar-refractivity contribution in [3.05, 3.63) is 60.4 Å². The Balaban J connectivity index is 1.38. The van der Waals surface area contributed by atoms with E-state index < -0.39 is 5.82 Å². The van der Waals surface area contributed by atoms with E-state index in [1.54, 1.807) is 6.20 Å². The number of halogens is 1. The SMILES string of the molecule is Cc1ccc(NC(=O)N2[C@@H]3C[C@@H](C)CC2(Cn2cccn2)C3)cc1-c1ncc(F)cn1. The lowest BCUT2D eigenvalue weighted by molar-refractivity contribution is -0.100. The van der Waals surface area contributed by atoms with Crippen LogP contribution in [0.1, 0.15) is 31.7 Å². The van der Waals surface area contributed by atoms with Gasteiger partial charge in [0.15, 0.2) is 11.6 Å². The largest absolute Gasteiger partial charge is 0.322 e. The Morgan fingerprint density at radius 3 is 2.84 bits per heavy atom. The van der Waals surface area contributed by atoms with Crippen LogP contribution < -0.4 is 5.32 Å². The number of anilines is 1. The first-order chi connectivity index (χ1) is 14.9. The highest BCUT2D eigenvalue weighted by molar-refractivity contribution is 5.91. The van der Waals surface area contributed by atoms with Gasteiger partial charge in [-0.3, -0.25) is 4.68 Å². The van der Waals surface area contributed by atoms with Crippen molar-refractivity contribution in [2.24, 2.45) is 5.92 Å². The Kier molecular flexibility index (Phi) is 4.72. The second kappa shape index (κ2) is 7.44. The number of urea groups is 1. The molecular weight excluding hydrogens is 395 g/mol. The van der Waals surface area contributed by atoms with Gasteiger partial charge in [0.2, 0.25) is 0 Å². The summed E-state index contributed by atoms with van der Waals surface area (Å²) in [5, 5.41) is 7.43. The van der Waals surface area contributed by atoms with E-state index in [0.29, 0.717) is 24.0 Å². The van der Waals surface area contributed by atoms with Crippen LogP contribution in [0.3, 0.4) is 0 Å². The minimum absolute atomic E-state index is 0.0925. The van der Waals surface area contributed by atoms with Gasteiger partial charge in [0.05, 0.1) is 24.5 Å². The molecule has 2 aliphatic rings. The molecular formula is C23H25FN6O. The zero-order valence-corrected chi connectivity index (χ0v) is 17.6. The van der Waals surface area contributed by atoms with Crippen molar-refractivity contribution < 1.29 is 9.18 Å². The number of aryl methyl sites for hydroxylation is 1. The van der Waals surface area contributed by atoms with Gasteiger partial charge < -0.3 is 10.2 Å². The van der Waals surface area contributed by atoms with Gasteiger partial charge in [-0.05, 0) is 55.9 Å². The zero-order chi connectivity index (χ0) is 21.6. The second-order valence-electron chi connectivity index (χ2n) is 8.89. The molecule has 1 aromatic carbocycles. The number of hydrogen-bond acceptors (Lipinski definition) is 4. The number of amides is 2. The molecule has 3 aromatic rings. The number of benzene rings is 1. The van der Waals surface area contributed by atoms with Crippen molar-refractivity contribution >= 4 is 11.7 Å². The summed E-state index contributed by atoms with van der Waals surface area (Å²) >= 11 is 0. The summed E-state index contributed by atoms with van der Waals surface area (Å²) in [6.07, 6.45) is 9.02. The molecule has 160 valence electrons. The Hall–Kier alpha value is -3.29. The quantitative estimate of drug-likeness (QED) is 0.684. The molecule has 2 aliphatic heterocycles. The first-order valence-corrected chi connectivity index (χ1v) is 10.6. The van der Waals surface area contributed by atoms with E-state index in [2.05, 4.69) is 27.3 Å². The Morgan fingerprint density at radius 2 is 2.10 bits per heavy atom. The number of rotatable bonds is 4. The molecule has 0 spiro atoms. The number of nitrogens with zero attached hydrogens (tertiary/aromatic N) is 5. The third kappa shape index (κ3) is 3.56. The molecule has 2 fully saturated rings. The zero-order valence-electron chi connectivity index (χ0n) is 17.6. The molecule has 1 unspecified atom stereocenters. The molecule has 4 heterocycles. The first-order valence-electron chi connectivity index (χ1n) is 10.6. The second-order valence-corrected chi connectivity index (χ2v) is 8.89. The fourth-order valence-corrected chi connectivity index (χ4v) is 5.33. The van der Waals surface area contributed by atoms with Crippen molar-refractivity contribution in [3.63, 3.8) is 0 Å². The molecule has 2 amide bonds. The van der Waals surface area contributed by atoms with Crippen molar-refractivity contribution in [1.82, 2.24) is 24.6 Å². The van der Waals surface area contributed by atoms with Crippen LogP contribution in [0.2, 0.25) is 0 Å². The summed E-state index contributed by atoms with van der Waals surface area (Å²) in [6, 6.07) is 7.71. The molecule has 7 nitrogen and oxygen atoms in total. The van der Waals surface area contributed by atoms with E-state index in [1.807, 2.05) is 47.0 Å². The lowest BCUT2D eigenvalue weighted by Crippen LogP contribution is -2.73. The van der Waals surface area contributed by atoms with Crippen LogP contribution in [-0.4, -0.2) is 42.3 Å². The molecule has 0 aliphatic carbocycles. The van der Waals surface area contributed by atoms with Gasteiger partial charge >= 0.3 is 6.03 Å². The Labute approximate surface area is 180 Å². The summed E-state index contributed by atoms with van der Waals surface area (Å²) < 4.78 is 15.1. The van der Waals surface area contributed by atoms with Gasteiger partial charge in [-0.1, -0.05) is 13.0 Å². The molecule has 2 bridgehead atoms. The lowest BCUT2D eigenvalue weighted by atomic mass is 9.64. The minimum Gasteiger partial charge on any atom is -0.314 e. The molecule has 2 aromatic heterocycles. The molecule has 2 saturated heterocycles. The number of aromatic nitrogens is 4. The number of carbonyl (C=O) groups excluding carboxylic acids is 1. The summed E-state index contributed by atoms with van der Waals surface area (Å²) in [4.78, 5) is 23.5. The molecule has 3 atom stereocenters. The number of carbonyl (C=O) groups is 1. The van der Waals surface area contributed by atoms with Crippen LogP contribution in [0.15, 0.2) is 49.1 Å². The van der Waals surface area contributed by atoms with Crippen LogP contribution in [0.5, 0.6) is 0 Å². The van der Waals surface area contributed by atoms with E-state index >= 15 is 0 Å². The molecule has 31 heavy (non-hydrogen) atoms. The van der Waals surface area contributed by atoms with Crippen LogP contribution in [0.25, 0.3) is 11.4 Å². The summed E-state index contributed by atoms with van der Waals surface area (Å²) in [7, 11) is 0. The molecule has 0 saturated carbocycles. The number of piperidine rings is 1. The minimum atomic E-state index is -0.480. The first kappa shape index (κ1) is 19.7. The van der Waals surface area contributed by atoms with Gasteiger partial charge in [0, 0.05) is 29.7 Å². The van der Waals surface area contributed by atoms with Gasteiger partial charge in [-0.15, -0.1) is 0 Å². The fraction of sp³-hybridized carbons (Fsp3) is 0.391. The van der Waals surface area contributed by atoms with E-state index in [1.165, 1.54) is 0 Å². The number of hydrogen-bond donors (Lipinski definition) is 1. The maximum absolute atomic E-state index is 13.3. The maximum atomic E-state index is 13.3. The van der Waals surface area contributed by atoms with Crippen molar-refractivity contribution in [2.75, 3.05) is 5.32 Å².